The fourth-order valence-corrected chi connectivity index (χ4v) is 4.43. The topological polar surface area (TPSA) is 86.0 Å². The maximum absolute atomic E-state index is 11.6. The van der Waals surface area contributed by atoms with Crippen molar-refractivity contribution in [3.8, 4) is 0 Å². The minimum Gasteiger partial charge on any atom is -0.444 e. The number of nitrogens with one attached hydrogen (secondary N) is 2. The van der Waals surface area contributed by atoms with Gasteiger partial charge in [-0.3, -0.25) is 14.7 Å². The molecule has 0 atom stereocenters. The zero-order chi connectivity index (χ0) is 21.5. The van der Waals surface area contributed by atoms with Gasteiger partial charge in [0.1, 0.15) is 5.76 Å². The number of aryl methyl sites for hydroxylation is 2. The van der Waals surface area contributed by atoms with E-state index in [2.05, 4.69) is 30.4 Å². The van der Waals surface area contributed by atoms with Gasteiger partial charge in [0, 0.05) is 40.2 Å². The standard InChI is InChI=1S/C22H38N6O2/c1-16-17(2)30-21(26-16)15-27-9-5-19(6-10-27)14-25-22(24-4)28-11-7-18(8-12-28)13-20(29)23-3/h18-19H,5-15H2,1-4H3,(H,23,29)(H,24,25). The molecule has 1 aromatic rings. The Morgan fingerprint density at radius 1 is 1.13 bits per heavy atom. The Morgan fingerprint density at radius 2 is 1.80 bits per heavy atom. The van der Waals surface area contributed by atoms with Crippen LogP contribution in [0.2, 0.25) is 0 Å². The van der Waals surface area contributed by atoms with Crippen molar-refractivity contribution in [1.82, 2.24) is 25.4 Å². The third kappa shape index (κ3) is 6.20. The Hall–Kier alpha value is -2.09. The normalized spacial score (nSPS) is 19.9. The summed E-state index contributed by atoms with van der Waals surface area (Å²) >= 11 is 0. The average molecular weight is 419 g/mol. The molecule has 30 heavy (non-hydrogen) atoms. The Labute approximate surface area is 180 Å². The van der Waals surface area contributed by atoms with Crippen LogP contribution in [0.5, 0.6) is 0 Å². The minimum absolute atomic E-state index is 0.149. The van der Waals surface area contributed by atoms with E-state index in [0.717, 1.165) is 75.4 Å². The number of hydrogen-bond acceptors (Lipinski definition) is 5. The van der Waals surface area contributed by atoms with Crippen molar-refractivity contribution in [2.24, 2.45) is 16.8 Å². The number of rotatable bonds is 6. The van der Waals surface area contributed by atoms with Crippen molar-refractivity contribution in [3.05, 3.63) is 17.3 Å². The van der Waals surface area contributed by atoms with Gasteiger partial charge in [0.2, 0.25) is 11.8 Å². The molecule has 168 valence electrons. The molecule has 0 aromatic carbocycles. The first-order valence-electron chi connectivity index (χ1n) is 11.3. The summed E-state index contributed by atoms with van der Waals surface area (Å²) in [6.07, 6.45) is 5.09. The number of guanidine groups is 1. The van der Waals surface area contributed by atoms with E-state index in [-0.39, 0.29) is 5.91 Å². The van der Waals surface area contributed by atoms with E-state index in [9.17, 15) is 4.79 Å². The summed E-state index contributed by atoms with van der Waals surface area (Å²) < 4.78 is 5.73. The summed E-state index contributed by atoms with van der Waals surface area (Å²) in [6.45, 7) is 9.84. The molecule has 0 aliphatic carbocycles. The highest BCUT2D eigenvalue weighted by Crippen LogP contribution is 2.22. The van der Waals surface area contributed by atoms with Crippen LogP contribution in [0.4, 0.5) is 0 Å². The van der Waals surface area contributed by atoms with Crippen molar-refractivity contribution >= 4 is 11.9 Å². The lowest BCUT2D eigenvalue weighted by Gasteiger charge is -2.35. The fourth-order valence-electron chi connectivity index (χ4n) is 4.43. The Morgan fingerprint density at radius 3 is 2.37 bits per heavy atom. The molecule has 2 aliphatic heterocycles. The van der Waals surface area contributed by atoms with E-state index < -0.39 is 0 Å². The van der Waals surface area contributed by atoms with E-state index in [1.807, 2.05) is 20.9 Å². The fraction of sp³-hybridized carbons (Fsp3) is 0.773. The van der Waals surface area contributed by atoms with Gasteiger partial charge in [0.25, 0.3) is 0 Å². The van der Waals surface area contributed by atoms with Crippen LogP contribution < -0.4 is 10.6 Å². The van der Waals surface area contributed by atoms with Crippen LogP contribution in [-0.2, 0) is 11.3 Å². The van der Waals surface area contributed by atoms with Gasteiger partial charge >= 0.3 is 0 Å². The lowest BCUT2D eigenvalue weighted by Crippen LogP contribution is -2.48. The predicted octanol–water partition coefficient (Wildman–Crippen LogP) is 1.93. The monoisotopic (exact) mass is 418 g/mol. The van der Waals surface area contributed by atoms with Crippen LogP contribution in [0.3, 0.4) is 0 Å². The molecule has 2 fully saturated rings. The molecule has 8 heteroatoms. The number of likely N-dealkylation sites (tertiary alicyclic amines) is 2. The van der Waals surface area contributed by atoms with Crippen LogP contribution in [-0.4, -0.2) is 73.5 Å². The van der Waals surface area contributed by atoms with Gasteiger partial charge in [-0.05, 0) is 64.5 Å². The van der Waals surface area contributed by atoms with E-state index in [0.29, 0.717) is 18.3 Å². The molecule has 3 rings (SSSR count). The zero-order valence-corrected chi connectivity index (χ0v) is 19.0. The van der Waals surface area contributed by atoms with Crippen molar-refractivity contribution < 1.29 is 9.21 Å². The van der Waals surface area contributed by atoms with Gasteiger partial charge in [0.15, 0.2) is 5.96 Å². The Balaban J connectivity index is 1.36. The molecule has 0 saturated carbocycles. The summed E-state index contributed by atoms with van der Waals surface area (Å²) in [4.78, 5) is 25.4. The van der Waals surface area contributed by atoms with E-state index in [4.69, 9.17) is 4.42 Å². The number of carbonyl (C=O) groups is 1. The molecule has 1 aromatic heterocycles. The van der Waals surface area contributed by atoms with Crippen molar-refractivity contribution in [3.63, 3.8) is 0 Å². The molecule has 8 nitrogen and oxygen atoms in total. The van der Waals surface area contributed by atoms with Gasteiger partial charge < -0.3 is 20.0 Å². The molecule has 0 radical (unpaired) electrons. The van der Waals surface area contributed by atoms with Gasteiger partial charge in [-0.1, -0.05) is 0 Å². The van der Waals surface area contributed by atoms with E-state index in [1.54, 1.807) is 7.05 Å². The Kier molecular flexibility index (Phi) is 8.13. The number of aliphatic imine (C=N–C) groups is 1. The molecule has 1 amide bonds. The van der Waals surface area contributed by atoms with Crippen LogP contribution in [0.25, 0.3) is 0 Å². The van der Waals surface area contributed by atoms with E-state index in [1.165, 1.54) is 12.8 Å². The molecule has 2 aliphatic rings. The largest absolute Gasteiger partial charge is 0.444 e. The van der Waals surface area contributed by atoms with Crippen LogP contribution in [0, 0.1) is 25.7 Å². The molecule has 0 bridgehead atoms. The number of amides is 1. The highest BCUT2D eigenvalue weighted by Gasteiger charge is 2.25. The third-order valence-corrected chi connectivity index (χ3v) is 6.57. The lowest BCUT2D eigenvalue weighted by atomic mass is 9.93. The van der Waals surface area contributed by atoms with Gasteiger partial charge in [-0.25, -0.2) is 4.98 Å². The summed E-state index contributed by atoms with van der Waals surface area (Å²) in [5, 5.41) is 6.33. The molecule has 3 heterocycles. The first-order chi connectivity index (χ1) is 14.5. The molecule has 2 saturated heterocycles. The van der Waals surface area contributed by atoms with Crippen molar-refractivity contribution in [2.75, 3.05) is 46.8 Å². The first-order valence-corrected chi connectivity index (χ1v) is 11.3. The third-order valence-electron chi connectivity index (χ3n) is 6.57. The second kappa shape index (κ2) is 10.8. The van der Waals surface area contributed by atoms with Crippen molar-refractivity contribution in [1.29, 1.82) is 0 Å². The summed E-state index contributed by atoms with van der Waals surface area (Å²) in [5.74, 6) is 4.06. The first kappa shape index (κ1) is 22.6. The van der Waals surface area contributed by atoms with Gasteiger partial charge in [0.05, 0.1) is 12.2 Å². The minimum atomic E-state index is 0.149. The SMILES string of the molecule is CN=C(NCC1CCN(Cc2nc(C)c(C)o2)CC1)N1CCC(CC(=O)NC)CC1. The summed E-state index contributed by atoms with van der Waals surface area (Å²) in [7, 11) is 3.57. The van der Waals surface area contributed by atoms with E-state index >= 15 is 0 Å². The average Bonchev–Trinajstić information content (AvgIpc) is 3.07. The summed E-state index contributed by atoms with van der Waals surface area (Å²) in [6, 6.07) is 0. The zero-order valence-electron chi connectivity index (χ0n) is 19.0. The highest BCUT2D eigenvalue weighted by molar-refractivity contribution is 5.80. The van der Waals surface area contributed by atoms with Gasteiger partial charge in [-0.15, -0.1) is 0 Å². The number of piperidine rings is 2. The lowest BCUT2D eigenvalue weighted by molar-refractivity contribution is -0.121. The summed E-state index contributed by atoms with van der Waals surface area (Å²) in [5.41, 5.74) is 0.994. The molecule has 0 unspecified atom stereocenters. The number of nitrogens with zero attached hydrogens (tertiary/aromatic N) is 4. The number of carbonyl (C=O) groups excluding carboxylic acids is 1. The van der Waals surface area contributed by atoms with Gasteiger partial charge in [-0.2, -0.15) is 0 Å². The van der Waals surface area contributed by atoms with Crippen molar-refractivity contribution in [2.45, 2.75) is 52.5 Å². The number of aromatic nitrogens is 1. The highest BCUT2D eigenvalue weighted by atomic mass is 16.4. The molecule has 2 N–H and O–H groups in total. The van der Waals surface area contributed by atoms with Crippen LogP contribution >= 0.6 is 0 Å². The number of hydrogen-bond donors (Lipinski definition) is 2. The number of oxazole rings is 1. The second-order valence-electron chi connectivity index (χ2n) is 8.70. The smallest absolute Gasteiger partial charge is 0.220 e. The molecular weight excluding hydrogens is 380 g/mol. The Bertz CT molecular complexity index is 696. The quantitative estimate of drug-likeness (QED) is 0.542. The maximum atomic E-state index is 11.6. The molecular formula is C22H38N6O2. The van der Waals surface area contributed by atoms with Crippen LogP contribution in [0.15, 0.2) is 9.41 Å². The second-order valence-corrected chi connectivity index (χ2v) is 8.70. The maximum Gasteiger partial charge on any atom is 0.220 e. The van der Waals surface area contributed by atoms with Crippen LogP contribution in [0.1, 0.15) is 49.4 Å². The molecule has 0 spiro atoms. The predicted molar refractivity (Wildman–Crippen MR) is 118 cm³/mol.